The van der Waals surface area contributed by atoms with Gasteiger partial charge in [0.2, 0.25) is 0 Å². The van der Waals surface area contributed by atoms with Gasteiger partial charge in [-0.15, -0.1) is 0 Å². The number of benzene rings is 3. The molecule has 2 N–H and O–H groups in total. The van der Waals surface area contributed by atoms with E-state index in [9.17, 15) is 4.79 Å². The van der Waals surface area contributed by atoms with E-state index < -0.39 is 0 Å². The van der Waals surface area contributed by atoms with E-state index in [4.69, 9.17) is 4.98 Å². The summed E-state index contributed by atoms with van der Waals surface area (Å²) in [5.41, 5.74) is 6.47. The van der Waals surface area contributed by atoms with Crippen LogP contribution in [-0.4, -0.2) is 24.0 Å². The molecule has 6 heteroatoms. The second kappa shape index (κ2) is 11.2. The van der Waals surface area contributed by atoms with Gasteiger partial charge in [0.05, 0.1) is 11.2 Å². The van der Waals surface area contributed by atoms with Crippen LogP contribution in [0.1, 0.15) is 36.2 Å². The van der Waals surface area contributed by atoms with Crippen LogP contribution in [0, 0.1) is 6.92 Å². The van der Waals surface area contributed by atoms with Crippen molar-refractivity contribution in [1.82, 2.24) is 9.71 Å². The summed E-state index contributed by atoms with van der Waals surface area (Å²) in [6.45, 7) is 8.08. The predicted molar refractivity (Wildman–Crippen MR) is 145 cm³/mol. The molecule has 1 aliphatic heterocycles. The highest BCUT2D eigenvalue weighted by Gasteiger charge is 2.14. The second-order valence-corrected chi connectivity index (χ2v) is 8.77. The first-order chi connectivity index (χ1) is 16.7. The summed E-state index contributed by atoms with van der Waals surface area (Å²) < 4.78 is 5.50. The zero-order chi connectivity index (χ0) is 23.9. The van der Waals surface area contributed by atoms with E-state index in [1.165, 1.54) is 0 Å². The highest BCUT2D eigenvalue weighted by molar-refractivity contribution is 7.98. The van der Waals surface area contributed by atoms with Crippen molar-refractivity contribution < 1.29 is 4.79 Å². The minimum Gasteiger partial charge on any atom is -0.322 e. The summed E-state index contributed by atoms with van der Waals surface area (Å²) in [5.74, 6) is -0.123. The van der Waals surface area contributed by atoms with Gasteiger partial charge in [0.15, 0.2) is 0 Å². The summed E-state index contributed by atoms with van der Waals surface area (Å²) >= 11 is 1.61. The molecule has 2 heterocycles. The van der Waals surface area contributed by atoms with E-state index in [2.05, 4.69) is 33.4 Å². The number of aryl methyl sites for hydroxylation is 1. The van der Waals surface area contributed by atoms with Crippen molar-refractivity contribution in [3.63, 3.8) is 0 Å². The van der Waals surface area contributed by atoms with Crippen LogP contribution in [0.4, 0.5) is 11.4 Å². The molecule has 0 atom stereocenters. The first-order valence-corrected chi connectivity index (χ1v) is 12.5. The second-order valence-electron chi connectivity index (χ2n) is 7.86. The van der Waals surface area contributed by atoms with E-state index in [1.54, 1.807) is 12.1 Å². The van der Waals surface area contributed by atoms with Crippen LogP contribution in [0.5, 0.6) is 0 Å². The van der Waals surface area contributed by atoms with Gasteiger partial charge in [-0.05, 0) is 67.4 Å². The minimum absolute atomic E-state index is 0.123. The lowest BCUT2D eigenvalue weighted by molar-refractivity contribution is 0.102. The number of pyridine rings is 1. The van der Waals surface area contributed by atoms with E-state index >= 15 is 0 Å². The van der Waals surface area contributed by atoms with Crippen LogP contribution in [-0.2, 0) is 0 Å². The van der Waals surface area contributed by atoms with Crippen molar-refractivity contribution in [2.75, 3.05) is 22.7 Å². The normalized spacial score (nSPS) is 13.2. The minimum atomic E-state index is -0.123. The van der Waals surface area contributed by atoms with Gasteiger partial charge in [0.1, 0.15) is 0 Å². The van der Waals surface area contributed by atoms with Crippen molar-refractivity contribution in [1.29, 1.82) is 0 Å². The average molecular weight is 471 g/mol. The van der Waals surface area contributed by atoms with Crippen LogP contribution < -0.4 is 14.3 Å². The van der Waals surface area contributed by atoms with Gasteiger partial charge >= 0.3 is 0 Å². The van der Waals surface area contributed by atoms with Crippen molar-refractivity contribution >= 4 is 40.3 Å². The van der Waals surface area contributed by atoms with Crippen LogP contribution in [0.2, 0.25) is 0 Å². The van der Waals surface area contributed by atoms with Crippen LogP contribution >= 0.6 is 12.1 Å². The highest BCUT2D eigenvalue weighted by Crippen LogP contribution is 2.28. The Labute approximate surface area is 205 Å². The van der Waals surface area contributed by atoms with E-state index in [0.29, 0.717) is 5.56 Å². The fourth-order valence-corrected chi connectivity index (χ4v) is 4.66. The summed E-state index contributed by atoms with van der Waals surface area (Å²) in [6, 6.07) is 25.9. The zero-order valence-electron chi connectivity index (χ0n) is 19.8. The third-order valence-corrected chi connectivity index (χ3v) is 6.55. The van der Waals surface area contributed by atoms with Gasteiger partial charge in [-0.2, -0.15) is 0 Å². The molecule has 3 aromatic carbocycles. The summed E-state index contributed by atoms with van der Waals surface area (Å²) in [7, 11) is 0. The number of aromatic nitrogens is 1. The van der Waals surface area contributed by atoms with Gasteiger partial charge in [-0.1, -0.05) is 44.2 Å². The molecule has 1 amide bonds. The number of carbonyl (C=O) groups is 1. The van der Waals surface area contributed by atoms with Crippen molar-refractivity contribution in [2.45, 2.75) is 27.2 Å². The van der Waals surface area contributed by atoms with Crippen molar-refractivity contribution in [2.24, 2.45) is 0 Å². The number of hydrogen-bond acceptors (Lipinski definition) is 5. The molecule has 0 spiro atoms. The van der Waals surface area contributed by atoms with Crippen molar-refractivity contribution in [3.8, 4) is 11.3 Å². The Morgan fingerprint density at radius 2 is 1.79 bits per heavy atom. The van der Waals surface area contributed by atoms with E-state index in [-0.39, 0.29) is 5.91 Å². The molecule has 0 bridgehead atoms. The lowest BCUT2D eigenvalue weighted by Gasteiger charge is -2.27. The predicted octanol–water partition coefficient (Wildman–Crippen LogP) is 6.85. The quantitative estimate of drug-likeness (QED) is 0.319. The highest BCUT2D eigenvalue weighted by atomic mass is 32.2. The number of anilines is 2. The fraction of sp³-hybridized carbons (Fsp3) is 0.214. The molecule has 5 nitrogen and oxygen atoms in total. The SMILES string of the molecule is CC.Cc1ccc(NC(=O)c2ccc(N3CCCNS3)cc2)cc1-c1ccc2ccccc2n1. The maximum absolute atomic E-state index is 12.9. The standard InChI is InChI=1S/C26H24N4OS.C2H6/c1-18-7-11-21(17-23(18)25-14-10-19-5-2-3-6-24(19)29-25)28-26(31)20-8-12-22(13-9-20)30-16-4-15-27-32-30;1-2/h2-3,5-14,17,27H,4,15-16H2,1H3,(H,28,31);1-2H3. The molecule has 0 aliphatic carbocycles. The maximum atomic E-state index is 12.9. The Morgan fingerprint density at radius 1 is 1.00 bits per heavy atom. The number of rotatable bonds is 4. The number of carbonyl (C=O) groups excluding carboxylic acids is 1. The molecule has 0 unspecified atom stereocenters. The van der Waals surface area contributed by atoms with Gasteiger partial charge in [0.25, 0.3) is 5.91 Å². The maximum Gasteiger partial charge on any atom is 0.255 e. The molecule has 1 aliphatic rings. The Morgan fingerprint density at radius 3 is 2.56 bits per heavy atom. The third kappa shape index (κ3) is 5.41. The van der Waals surface area contributed by atoms with Gasteiger partial charge in [-0.25, -0.2) is 9.71 Å². The molecule has 174 valence electrons. The summed E-state index contributed by atoms with van der Waals surface area (Å²) in [6.07, 6.45) is 1.11. The first kappa shape index (κ1) is 23.8. The van der Waals surface area contributed by atoms with Crippen LogP contribution in [0.25, 0.3) is 22.2 Å². The van der Waals surface area contributed by atoms with Gasteiger partial charge in [-0.3, -0.25) is 4.79 Å². The summed E-state index contributed by atoms with van der Waals surface area (Å²) in [5, 5.41) is 4.15. The van der Waals surface area contributed by atoms with Gasteiger partial charge in [0, 0.05) is 53.1 Å². The van der Waals surface area contributed by atoms with Gasteiger partial charge < -0.3 is 9.62 Å². The number of amides is 1. The average Bonchev–Trinajstić information content (AvgIpc) is 2.91. The lowest BCUT2D eigenvalue weighted by Crippen LogP contribution is -2.29. The molecule has 34 heavy (non-hydrogen) atoms. The fourth-order valence-electron chi connectivity index (χ4n) is 3.82. The lowest BCUT2D eigenvalue weighted by atomic mass is 10.0. The number of fused-ring (bicyclic) bond motifs is 1. The molecule has 4 aromatic rings. The molecule has 1 aromatic heterocycles. The molecule has 0 saturated carbocycles. The number of nitrogens with zero attached hydrogens (tertiary/aromatic N) is 2. The topological polar surface area (TPSA) is 57.3 Å². The zero-order valence-corrected chi connectivity index (χ0v) is 20.7. The molecule has 1 fully saturated rings. The van der Waals surface area contributed by atoms with Crippen LogP contribution in [0.3, 0.4) is 0 Å². The number of nitrogens with one attached hydrogen (secondary N) is 2. The third-order valence-electron chi connectivity index (χ3n) is 5.60. The van der Waals surface area contributed by atoms with Crippen molar-refractivity contribution in [3.05, 3.63) is 90.0 Å². The molecule has 1 saturated heterocycles. The Hall–Kier alpha value is -3.35. The molecule has 5 rings (SSSR count). The smallest absolute Gasteiger partial charge is 0.255 e. The Bertz CT molecular complexity index is 1270. The Balaban J connectivity index is 0.00000133. The Kier molecular flexibility index (Phi) is 7.83. The first-order valence-electron chi connectivity index (χ1n) is 11.7. The number of hydrogen-bond donors (Lipinski definition) is 2. The summed E-state index contributed by atoms with van der Waals surface area (Å²) in [4.78, 5) is 17.7. The van der Waals surface area contributed by atoms with Crippen LogP contribution in [0.15, 0.2) is 78.9 Å². The molecular formula is C28H30N4OS. The van der Waals surface area contributed by atoms with E-state index in [1.807, 2.05) is 80.6 Å². The van der Waals surface area contributed by atoms with E-state index in [0.717, 1.165) is 58.6 Å². The largest absolute Gasteiger partial charge is 0.322 e. The molecular weight excluding hydrogens is 440 g/mol. The molecule has 0 radical (unpaired) electrons. The number of para-hydroxylation sites is 1. The monoisotopic (exact) mass is 470 g/mol.